The quantitative estimate of drug-likeness (QED) is 0.428. The molecule has 0 saturated heterocycles. The first-order valence-electron chi connectivity index (χ1n) is 10.6. The summed E-state index contributed by atoms with van der Waals surface area (Å²) in [4.78, 5) is 18.1. The molecule has 0 aromatic rings. The van der Waals surface area contributed by atoms with Crippen LogP contribution in [0.2, 0.25) is 0 Å². The van der Waals surface area contributed by atoms with Crippen LogP contribution in [0.1, 0.15) is 83.1 Å². The molecule has 0 atom stereocenters. The van der Waals surface area contributed by atoms with Gasteiger partial charge in [0.25, 0.3) is 0 Å². The molecule has 0 spiro atoms. The van der Waals surface area contributed by atoms with Gasteiger partial charge in [-0.05, 0) is 107 Å². The van der Waals surface area contributed by atoms with E-state index in [1.807, 2.05) is 24.3 Å². The van der Waals surface area contributed by atoms with Crippen LogP contribution >= 0.6 is 0 Å². The summed E-state index contributed by atoms with van der Waals surface area (Å²) >= 11 is 0. The van der Waals surface area contributed by atoms with Crippen molar-refractivity contribution in [1.82, 2.24) is 10.6 Å². The average molecular weight is 552 g/mol. The maximum Gasteiger partial charge on any atom is 0.127 e. The number of hydrogen-bond donors (Lipinski definition) is 2. The molecule has 31 heavy (non-hydrogen) atoms. The van der Waals surface area contributed by atoms with Gasteiger partial charge in [-0.15, -0.1) is 0 Å². The summed E-state index contributed by atoms with van der Waals surface area (Å²) in [5.41, 5.74) is -0.207. The van der Waals surface area contributed by atoms with Crippen molar-refractivity contribution in [3.05, 3.63) is 24.3 Å². The van der Waals surface area contributed by atoms with Crippen LogP contribution in [-0.4, -0.2) is 94.4 Å². The summed E-state index contributed by atoms with van der Waals surface area (Å²) in [7, 11) is 0. The Bertz CT molecular complexity index is 654. The van der Waals surface area contributed by atoms with Crippen molar-refractivity contribution in [2.24, 2.45) is 20.0 Å². The normalized spacial score (nSPS) is 21.8. The van der Waals surface area contributed by atoms with Gasteiger partial charge in [0.15, 0.2) is 0 Å². The van der Waals surface area contributed by atoms with E-state index in [4.69, 9.17) is 0 Å². The van der Waals surface area contributed by atoms with E-state index in [9.17, 15) is 0 Å². The number of rotatable bonds is 0. The molecule has 0 saturated carbocycles. The number of amidine groups is 4. The smallest absolute Gasteiger partial charge is 0.127 e. The van der Waals surface area contributed by atoms with Gasteiger partial charge in [0.05, 0.1) is 22.2 Å². The Hall–Kier alpha value is -0.669. The molecule has 2 aliphatic rings. The minimum atomic E-state index is -0.0517. The monoisotopic (exact) mass is 552 g/mol. The second-order valence-electron chi connectivity index (χ2n) is 11.6. The van der Waals surface area contributed by atoms with Crippen LogP contribution in [0.4, 0.5) is 0 Å². The Morgan fingerprint density at radius 3 is 0.710 bits per heavy atom. The Morgan fingerprint density at radius 2 is 0.581 bits per heavy atom. The molecule has 2 heterocycles. The Kier molecular flexibility index (Phi) is 11.2. The van der Waals surface area contributed by atoms with Gasteiger partial charge >= 0.3 is 0 Å². The van der Waals surface area contributed by atoms with Gasteiger partial charge in [-0.25, -0.2) is 0 Å². The van der Waals surface area contributed by atoms with Crippen LogP contribution in [0.25, 0.3) is 0 Å². The molecule has 2 radical (unpaired) electrons. The number of nitrogens with zero attached hydrogens (tertiary/aromatic N) is 4. The number of hydrogen-bond acceptors (Lipinski definition) is 4. The molecule has 0 aliphatic carbocycles. The van der Waals surface area contributed by atoms with Crippen molar-refractivity contribution < 1.29 is 0 Å². The predicted molar refractivity (Wildman–Crippen MR) is 139 cm³/mol. The molecular weight excluding hydrogens is 510 g/mol. The van der Waals surface area contributed by atoms with Crippen LogP contribution in [0.5, 0.6) is 0 Å². The van der Waals surface area contributed by atoms with E-state index in [-0.39, 0.29) is 71.0 Å². The number of aliphatic imine (C=N–C) groups is 4. The molecule has 6 nitrogen and oxygen atoms in total. The standard InChI is InChI=1S/2C12H21N3.Ba/c2*1-11(2,3)14-9-7-8-10(13-9)15-12(4,5)6;/h2*7-8H,1-6H3,(H,13,14,15);. The van der Waals surface area contributed by atoms with E-state index in [1.54, 1.807) is 0 Å². The SMILES string of the molecule is CC(C)(C)N=C1C=CC(=NC(C)(C)C)N1.CC(C)(C)N=C1C=CC(=NC(C)(C)C)N1.[Ba]. The molecule has 0 aromatic carbocycles. The van der Waals surface area contributed by atoms with Gasteiger partial charge in [-0.2, -0.15) is 0 Å². The summed E-state index contributed by atoms with van der Waals surface area (Å²) in [5, 5.41) is 6.39. The van der Waals surface area contributed by atoms with Gasteiger partial charge in [0.2, 0.25) is 0 Å². The van der Waals surface area contributed by atoms with Crippen molar-refractivity contribution in [3.8, 4) is 0 Å². The Balaban J connectivity index is 0.000000562. The average Bonchev–Trinajstić information content (AvgIpc) is 3.02. The van der Waals surface area contributed by atoms with Crippen molar-refractivity contribution in [3.63, 3.8) is 0 Å². The zero-order chi connectivity index (χ0) is 23.4. The fraction of sp³-hybridized carbons (Fsp3) is 0.667. The van der Waals surface area contributed by atoms with Gasteiger partial charge in [-0.1, -0.05) is 0 Å². The third-order valence-corrected chi connectivity index (χ3v) is 3.13. The van der Waals surface area contributed by atoms with Gasteiger partial charge in [0, 0.05) is 48.9 Å². The van der Waals surface area contributed by atoms with Crippen LogP contribution in [-0.2, 0) is 0 Å². The largest absolute Gasteiger partial charge is 0.326 e. The third-order valence-electron chi connectivity index (χ3n) is 3.13. The van der Waals surface area contributed by atoms with E-state index in [1.165, 1.54) is 0 Å². The summed E-state index contributed by atoms with van der Waals surface area (Å²) in [6, 6.07) is 0. The van der Waals surface area contributed by atoms with E-state index in [0.29, 0.717) is 0 Å². The second-order valence-corrected chi connectivity index (χ2v) is 11.6. The minimum Gasteiger partial charge on any atom is -0.326 e. The Labute approximate surface area is 230 Å². The van der Waals surface area contributed by atoms with Crippen molar-refractivity contribution >= 4 is 72.2 Å². The molecule has 2 N–H and O–H groups in total. The predicted octanol–water partition coefficient (Wildman–Crippen LogP) is 4.70. The van der Waals surface area contributed by atoms with E-state index >= 15 is 0 Å². The maximum atomic E-state index is 4.53. The first-order valence-corrected chi connectivity index (χ1v) is 10.6. The maximum absolute atomic E-state index is 4.53. The van der Waals surface area contributed by atoms with Crippen molar-refractivity contribution in [1.29, 1.82) is 0 Å². The van der Waals surface area contributed by atoms with Crippen LogP contribution in [0.3, 0.4) is 0 Å². The van der Waals surface area contributed by atoms with Crippen LogP contribution < -0.4 is 10.6 Å². The number of nitrogens with one attached hydrogen (secondary N) is 2. The molecule has 7 heteroatoms. The molecule has 0 bridgehead atoms. The molecular formula is C24H42BaN6. The van der Waals surface area contributed by atoms with Crippen LogP contribution in [0, 0.1) is 0 Å². The first kappa shape index (κ1) is 30.3. The van der Waals surface area contributed by atoms with Crippen molar-refractivity contribution in [2.45, 2.75) is 105 Å². The summed E-state index contributed by atoms with van der Waals surface area (Å²) in [6.45, 7) is 24.9. The fourth-order valence-corrected chi connectivity index (χ4v) is 2.45. The molecule has 0 unspecified atom stereocenters. The molecule has 0 aromatic heterocycles. The second kappa shape index (κ2) is 11.5. The minimum absolute atomic E-state index is 0. The van der Waals surface area contributed by atoms with E-state index < -0.39 is 0 Å². The van der Waals surface area contributed by atoms with Crippen LogP contribution in [0.15, 0.2) is 44.3 Å². The zero-order valence-electron chi connectivity index (χ0n) is 21.8. The molecule has 2 aliphatic heterocycles. The molecule has 2 rings (SSSR count). The zero-order valence-corrected chi connectivity index (χ0v) is 26.2. The summed E-state index contributed by atoms with van der Waals surface area (Å²) in [5.74, 6) is 3.58. The van der Waals surface area contributed by atoms with Gasteiger partial charge in [-0.3, -0.25) is 20.0 Å². The summed E-state index contributed by atoms with van der Waals surface area (Å²) in [6.07, 6.45) is 7.87. The van der Waals surface area contributed by atoms with Crippen molar-refractivity contribution in [2.75, 3.05) is 0 Å². The molecule has 0 amide bonds. The van der Waals surface area contributed by atoms with E-state index in [0.717, 1.165) is 23.3 Å². The van der Waals surface area contributed by atoms with E-state index in [2.05, 4.69) is 114 Å². The topological polar surface area (TPSA) is 73.5 Å². The molecule has 0 fully saturated rings. The van der Waals surface area contributed by atoms with Gasteiger partial charge in [0.1, 0.15) is 23.3 Å². The Morgan fingerprint density at radius 1 is 0.419 bits per heavy atom. The van der Waals surface area contributed by atoms with Gasteiger partial charge < -0.3 is 10.6 Å². The molecule has 170 valence electrons. The first-order chi connectivity index (χ1) is 13.3. The summed E-state index contributed by atoms with van der Waals surface area (Å²) < 4.78 is 0. The third kappa shape index (κ3) is 15.7. The fourth-order valence-electron chi connectivity index (χ4n) is 2.45.